The quantitative estimate of drug-likeness (QED) is 0.437. The largest absolute Gasteiger partial charge is 0.444 e. The highest BCUT2D eigenvalue weighted by atomic mass is 79.9. The molecule has 0 saturated carbocycles. The van der Waals surface area contributed by atoms with Crippen molar-refractivity contribution < 1.29 is 14.3 Å². The molecule has 1 saturated heterocycles. The van der Waals surface area contributed by atoms with Crippen LogP contribution in [0.25, 0.3) is 5.52 Å². The number of H-pyrrole nitrogens is 1. The van der Waals surface area contributed by atoms with E-state index in [1.807, 2.05) is 65.9 Å². The second kappa shape index (κ2) is 10.5. The highest BCUT2D eigenvalue weighted by Gasteiger charge is 2.38. The summed E-state index contributed by atoms with van der Waals surface area (Å²) in [7, 11) is 0. The van der Waals surface area contributed by atoms with Crippen molar-refractivity contribution in [1.29, 1.82) is 0 Å². The molecule has 10 heteroatoms. The van der Waals surface area contributed by atoms with Crippen LogP contribution in [0.2, 0.25) is 0 Å². The molecule has 3 aromatic heterocycles. The van der Waals surface area contributed by atoms with Gasteiger partial charge in [0, 0.05) is 64.7 Å². The number of anilines is 1. The van der Waals surface area contributed by atoms with E-state index in [0.717, 1.165) is 32.6 Å². The first kappa shape index (κ1) is 27.8. The number of pyridine rings is 2. The fraction of sp³-hybridized carbons (Fsp3) is 0.464. The number of likely N-dealkylation sites (N-methyl/N-ethyl adjacent to an activating group) is 1. The molecule has 1 fully saturated rings. The number of rotatable bonds is 6. The van der Waals surface area contributed by atoms with Crippen LogP contribution in [0.15, 0.2) is 33.7 Å². The second-order valence-electron chi connectivity index (χ2n) is 10.9. The zero-order valence-electron chi connectivity index (χ0n) is 23.1. The number of fused-ring (bicyclic) bond motifs is 1. The monoisotopic (exact) mass is 585 g/mol. The van der Waals surface area contributed by atoms with E-state index >= 15 is 0 Å². The van der Waals surface area contributed by atoms with Crippen LogP contribution in [0.5, 0.6) is 0 Å². The van der Waals surface area contributed by atoms with Gasteiger partial charge < -0.3 is 29.2 Å². The first-order chi connectivity index (χ1) is 17.8. The Hall–Kier alpha value is -3.27. The maximum absolute atomic E-state index is 13.4. The van der Waals surface area contributed by atoms with Crippen molar-refractivity contribution in [2.75, 3.05) is 24.5 Å². The molecule has 0 aliphatic carbocycles. The zero-order chi connectivity index (χ0) is 27.9. The highest BCUT2D eigenvalue weighted by Crippen LogP contribution is 2.32. The number of nitrogens with one attached hydrogen (secondary N) is 2. The number of halogens is 1. The predicted molar refractivity (Wildman–Crippen MR) is 152 cm³/mol. The lowest BCUT2D eigenvalue weighted by Crippen LogP contribution is -2.62. The van der Waals surface area contributed by atoms with Crippen LogP contribution in [0.3, 0.4) is 0 Å². The van der Waals surface area contributed by atoms with Gasteiger partial charge in [-0.25, -0.2) is 4.79 Å². The molecule has 0 unspecified atom stereocenters. The van der Waals surface area contributed by atoms with Gasteiger partial charge in [0.2, 0.25) is 0 Å². The van der Waals surface area contributed by atoms with Crippen molar-refractivity contribution in [1.82, 2.24) is 19.6 Å². The van der Waals surface area contributed by atoms with Gasteiger partial charge in [-0.2, -0.15) is 0 Å². The summed E-state index contributed by atoms with van der Waals surface area (Å²) in [6, 6.07) is 5.82. The van der Waals surface area contributed by atoms with E-state index in [1.54, 1.807) is 4.90 Å². The maximum atomic E-state index is 13.4. The third-order valence-corrected chi connectivity index (χ3v) is 7.24. The van der Waals surface area contributed by atoms with Crippen molar-refractivity contribution >= 4 is 39.3 Å². The third-order valence-electron chi connectivity index (χ3n) is 6.81. The number of likely N-dealkylation sites (tertiary alicyclic amines) is 1. The molecule has 2 amide bonds. The summed E-state index contributed by atoms with van der Waals surface area (Å²) in [6.07, 6.45) is 1.67. The Bertz CT molecular complexity index is 1450. The van der Waals surface area contributed by atoms with Gasteiger partial charge in [0.15, 0.2) is 0 Å². The Kier molecular flexibility index (Phi) is 7.65. The minimum atomic E-state index is -0.545. The lowest BCUT2D eigenvalue weighted by Gasteiger charge is -2.46. The molecule has 4 heterocycles. The van der Waals surface area contributed by atoms with Crippen LogP contribution >= 0.6 is 15.9 Å². The van der Waals surface area contributed by atoms with E-state index in [4.69, 9.17) is 4.74 Å². The smallest absolute Gasteiger partial charge is 0.410 e. The number of carbonyl (C=O) groups excluding carboxylic acids is 2. The van der Waals surface area contributed by atoms with Crippen molar-refractivity contribution in [3.63, 3.8) is 0 Å². The van der Waals surface area contributed by atoms with E-state index in [0.29, 0.717) is 30.8 Å². The Labute approximate surface area is 231 Å². The number of carbonyl (C=O) groups is 2. The molecule has 2 N–H and O–H groups in total. The molecule has 0 spiro atoms. The Morgan fingerprint density at radius 3 is 2.47 bits per heavy atom. The van der Waals surface area contributed by atoms with Crippen LogP contribution in [-0.2, 0) is 11.3 Å². The third kappa shape index (κ3) is 5.60. The number of aromatic amines is 1. The lowest BCUT2D eigenvalue weighted by molar-refractivity contribution is 0.00810. The number of aromatic nitrogens is 2. The van der Waals surface area contributed by atoms with Gasteiger partial charge in [-0.05, 0) is 88.2 Å². The van der Waals surface area contributed by atoms with Crippen molar-refractivity contribution in [2.24, 2.45) is 0 Å². The van der Waals surface area contributed by atoms with Crippen molar-refractivity contribution in [3.05, 3.63) is 67.2 Å². The molecule has 38 heavy (non-hydrogen) atoms. The summed E-state index contributed by atoms with van der Waals surface area (Å²) >= 11 is 3.58. The fourth-order valence-electron chi connectivity index (χ4n) is 4.96. The number of hydrogen-bond donors (Lipinski definition) is 2. The second-order valence-corrected chi connectivity index (χ2v) is 11.8. The minimum Gasteiger partial charge on any atom is -0.444 e. The Balaban J connectivity index is 1.62. The molecule has 3 aromatic rings. The van der Waals surface area contributed by atoms with Crippen LogP contribution in [0.1, 0.15) is 60.4 Å². The van der Waals surface area contributed by atoms with Gasteiger partial charge >= 0.3 is 6.09 Å². The molecule has 1 aliphatic heterocycles. The van der Waals surface area contributed by atoms with Gasteiger partial charge in [-0.3, -0.25) is 9.59 Å². The first-order valence-electron chi connectivity index (χ1n) is 12.8. The molecule has 0 radical (unpaired) electrons. The standard InChI is InChI=1S/C28H36BrN5O4/c1-8-33(21-14-32(15-21)27(37)38-28(5,6)7)26-18(4)22(11-20-10-19(29)13-34(20)26)24(35)30-12-23-16(2)9-17(3)31-25(23)36/h9-11,13,21H,8,12,14-15H2,1-7H3,(H,30,35)(H,31,36). The molecule has 9 nitrogen and oxygen atoms in total. The predicted octanol–water partition coefficient (Wildman–Crippen LogP) is 4.69. The first-order valence-corrected chi connectivity index (χ1v) is 13.6. The highest BCUT2D eigenvalue weighted by molar-refractivity contribution is 9.10. The van der Waals surface area contributed by atoms with Gasteiger partial charge in [-0.1, -0.05) is 0 Å². The van der Waals surface area contributed by atoms with E-state index in [1.165, 1.54) is 0 Å². The molecular weight excluding hydrogens is 550 g/mol. The Morgan fingerprint density at radius 1 is 1.18 bits per heavy atom. The number of ether oxygens (including phenoxy) is 1. The van der Waals surface area contributed by atoms with Gasteiger partial charge in [0.05, 0.1) is 6.04 Å². The van der Waals surface area contributed by atoms with Gasteiger partial charge in [0.25, 0.3) is 11.5 Å². The van der Waals surface area contributed by atoms with E-state index in [2.05, 4.69) is 42.5 Å². The topological polar surface area (TPSA) is 99.1 Å². The van der Waals surface area contributed by atoms with Crippen LogP contribution in [-0.4, -0.2) is 57.6 Å². The number of amides is 2. The van der Waals surface area contributed by atoms with Crippen LogP contribution in [0.4, 0.5) is 10.6 Å². The summed E-state index contributed by atoms with van der Waals surface area (Å²) in [4.78, 5) is 45.1. The number of aryl methyl sites for hydroxylation is 2. The molecule has 4 rings (SSSR count). The molecule has 0 atom stereocenters. The molecule has 1 aliphatic rings. The lowest BCUT2D eigenvalue weighted by atomic mass is 10.0. The van der Waals surface area contributed by atoms with Crippen molar-refractivity contribution in [2.45, 2.75) is 66.7 Å². The molecular formula is C28H36BrN5O4. The summed E-state index contributed by atoms with van der Waals surface area (Å²) < 4.78 is 8.50. The van der Waals surface area contributed by atoms with E-state index in [-0.39, 0.29) is 30.1 Å². The van der Waals surface area contributed by atoms with E-state index in [9.17, 15) is 14.4 Å². The summed E-state index contributed by atoms with van der Waals surface area (Å²) in [5.74, 6) is 0.655. The van der Waals surface area contributed by atoms with Crippen LogP contribution in [0, 0.1) is 20.8 Å². The van der Waals surface area contributed by atoms with E-state index < -0.39 is 5.60 Å². The minimum absolute atomic E-state index is 0.0858. The normalized spacial score (nSPS) is 13.9. The molecule has 0 aromatic carbocycles. The summed E-state index contributed by atoms with van der Waals surface area (Å²) in [5, 5.41) is 2.95. The fourth-order valence-corrected chi connectivity index (χ4v) is 5.40. The average Bonchev–Trinajstić information content (AvgIpc) is 3.13. The van der Waals surface area contributed by atoms with Crippen molar-refractivity contribution in [3.8, 4) is 0 Å². The Morgan fingerprint density at radius 2 is 1.87 bits per heavy atom. The zero-order valence-corrected chi connectivity index (χ0v) is 24.7. The van der Waals surface area contributed by atoms with Gasteiger partial charge in [0.1, 0.15) is 11.4 Å². The SMILES string of the molecule is CCN(c1c(C)c(C(=O)NCc2c(C)cc(C)[nH]c2=O)cc2cc(Br)cn12)C1CN(C(=O)OC(C)(C)C)C1. The van der Waals surface area contributed by atoms with Gasteiger partial charge in [-0.15, -0.1) is 0 Å². The maximum Gasteiger partial charge on any atom is 0.410 e. The summed E-state index contributed by atoms with van der Waals surface area (Å²) in [6.45, 7) is 15.2. The number of hydrogen-bond acceptors (Lipinski definition) is 5. The average molecular weight is 587 g/mol. The molecule has 0 bridgehead atoms. The molecule has 204 valence electrons. The van der Waals surface area contributed by atoms with Crippen LogP contribution < -0.4 is 15.8 Å². The summed E-state index contributed by atoms with van der Waals surface area (Å²) in [5.41, 5.74) is 3.67. The number of nitrogens with zero attached hydrogens (tertiary/aromatic N) is 3.